The molecular formula is C22H14NO5+. The fourth-order valence-electron chi connectivity index (χ4n) is 4.02. The second-order valence-corrected chi connectivity index (χ2v) is 7.11. The van der Waals surface area contributed by atoms with Gasteiger partial charge in [0.15, 0.2) is 24.0 Å². The fraction of sp³-hybridized carbons (Fsp3) is 0.136. The smallest absolute Gasteiger partial charge is 0.346 e. The van der Waals surface area contributed by atoms with Crippen LogP contribution in [0.2, 0.25) is 0 Å². The minimum atomic E-state index is -0.828. The van der Waals surface area contributed by atoms with Crippen molar-refractivity contribution in [3.63, 3.8) is 0 Å². The number of aromatic nitrogens is 1. The SMILES string of the molecule is C[n+]1ccc(CC2C(=O)c3ccc4c5c(ccc(c35)C2=O)C(=O)OC4=O)cc1. The zero-order chi connectivity index (χ0) is 19.6. The van der Waals surface area contributed by atoms with Gasteiger partial charge in [0.25, 0.3) is 0 Å². The molecule has 0 atom stereocenters. The lowest BCUT2D eigenvalue weighted by atomic mass is 9.75. The van der Waals surface area contributed by atoms with Crippen LogP contribution in [-0.4, -0.2) is 23.5 Å². The van der Waals surface area contributed by atoms with Crippen molar-refractivity contribution in [2.75, 3.05) is 0 Å². The molecule has 1 aliphatic heterocycles. The number of nitrogens with zero attached hydrogens (tertiary/aromatic N) is 1. The summed E-state index contributed by atoms with van der Waals surface area (Å²) >= 11 is 0. The van der Waals surface area contributed by atoms with Gasteiger partial charge in [0.1, 0.15) is 7.05 Å². The quantitative estimate of drug-likeness (QED) is 0.391. The number of pyridine rings is 1. The lowest BCUT2D eigenvalue weighted by Gasteiger charge is -2.26. The summed E-state index contributed by atoms with van der Waals surface area (Å²) in [5, 5.41) is 0.717. The summed E-state index contributed by atoms with van der Waals surface area (Å²) in [4.78, 5) is 50.5. The Morgan fingerprint density at radius 2 is 1.21 bits per heavy atom. The molecule has 3 aromatic rings. The first kappa shape index (κ1) is 16.5. The van der Waals surface area contributed by atoms with E-state index in [2.05, 4.69) is 0 Å². The molecule has 6 heteroatoms. The monoisotopic (exact) mass is 372 g/mol. The Bertz CT molecular complexity index is 1170. The van der Waals surface area contributed by atoms with Crippen LogP contribution in [0, 0.1) is 5.92 Å². The first-order valence-electron chi connectivity index (χ1n) is 8.84. The molecule has 136 valence electrons. The Labute approximate surface area is 159 Å². The molecule has 0 spiro atoms. The number of hydrogen-bond acceptors (Lipinski definition) is 5. The van der Waals surface area contributed by atoms with E-state index < -0.39 is 17.9 Å². The summed E-state index contributed by atoms with van der Waals surface area (Å²) < 4.78 is 6.62. The summed E-state index contributed by atoms with van der Waals surface area (Å²) in [7, 11) is 1.89. The maximum atomic E-state index is 13.1. The fourth-order valence-corrected chi connectivity index (χ4v) is 4.02. The van der Waals surface area contributed by atoms with Gasteiger partial charge in [0.2, 0.25) is 0 Å². The average molecular weight is 372 g/mol. The van der Waals surface area contributed by atoms with Crippen molar-refractivity contribution in [1.82, 2.24) is 0 Å². The highest BCUT2D eigenvalue weighted by atomic mass is 16.6. The molecule has 1 aromatic heterocycles. The number of hydrogen-bond donors (Lipinski definition) is 0. The first-order valence-corrected chi connectivity index (χ1v) is 8.84. The topological polar surface area (TPSA) is 81.4 Å². The zero-order valence-corrected chi connectivity index (χ0v) is 14.9. The van der Waals surface area contributed by atoms with Crippen molar-refractivity contribution in [1.29, 1.82) is 0 Å². The van der Waals surface area contributed by atoms with Crippen LogP contribution < -0.4 is 4.57 Å². The van der Waals surface area contributed by atoms with E-state index >= 15 is 0 Å². The molecule has 0 fully saturated rings. The molecule has 6 nitrogen and oxygen atoms in total. The number of aryl methyl sites for hydroxylation is 1. The van der Waals surface area contributed by atoms with E-state index in [1.165, 1.54) is 12.1 Å². The van der Waals surface area contributed by atoms with Crippen LogP contribution >= 0.6 is 0 Å². The number of cyclic esters (lactones) is 2. The highest BCUT2D eigenvalue weighted by Crippen LogP contribution is 2.39. The van der Waals surface area contributed by atoms with Crippen LogP contribution in [-0.2, 0) is 18.2 Å². The van der Waals surface area contributed by atoms with E-state index in [-0.39, 0.29) is 22.7 Å². The molecule has 0 bridgehead atoms. The van der Waals surface area contributed by atoms with Gasteiger partial charge >= 0.3 is 11.9 Å². The van der Waals surface area contributed by atoms with Gasteiger partial charge in [-0.1, -0.05) is 0 Å². The third kappa shape index (κ3) is 2.18. The van der Waals surface area contributed by atoms with Crippen LogP contribution in [0.1, 0.15) is 47.0 Å². The van der Waals surface area contributed by atoms with Crippen LogP contribution in [0.4, 0.5) is 0 Å². The Balaban J connectivity index is 1.69. The molecule has 0 amide bonds. The van der Waals surface area contributed by atoms with E-state index in [0.717, 1.165) is 5.56 Å². The van der Waals surface area contributed by atoms with Crippen molar-refractivity contribution >= 4 is 34.3 Å². The maximum Gasteiger partial charge on any atom is 0.346 e. The van der Waals surface area contributed by atoms with Gasteiger partial charge < -0.3 is 4.74 Å². The largest absolute Gasteiger partial charge is 0.386 e. The molecule has 2 heterocycles. The van der Waals surface area contributed by atoms with E-state index in [9.17, 15) is 19.2 Å². The number of benzene rings is 2. The number of ketones is 2. The van der Waals surface area contributed by atoms with Crippen molar-refractivity contribution in [2.24, 2.45) is 13.0 Å². The molecule has 0 N–H and O–H groups in total. The van der Waals surface area contributed by atoms with Crippen LogP contribution in [0.5, 0.6) is 0 Å². The Morgan fingerprint density at radius 3 is 1.75 bits per heavy atom. The van der Waals surface area contributed by atoms with Crippen molar-refractivity contribution < 1.29 is 28.5 Å². The maximum absolute atomic E-state index is 13.1. The number of Topliss-reactive ketones (excluding diaryl/α,β-unsaturated/α-hetero) is 2. The molecule has 28 heavy (non-hydrogen) atoms. The van der Waals surface area contributed by atoms with Gasteiger partial charge in [-0.2, -0.15) is 0 Å². The second-order valence-electron chi connectivity index (χ2n) is 7.11. The minimum Gasteiger partial charge on any atom is -0.386 e. The van der Waals surface area contributed by atoms with E-state index in [4.69, 9.17) is 4.74 Å². The second kappa shape index (κ2) is 5.66. The standard InChI is InChI=1S/C22H14NO5/c1-23-8-6-11(7-9-23)10-16-19(24)12-2-4-14-18-15(22(27)28-21(14)26)5-3-13(17(12)18)20(16)25/h2-9,16H,10H2,1H3/q+1. The number of carbonyl (C=O) groups is 4. The molecule has 0 unspecified atom stereocenters. The molecule has 1 aliphatic carbocycles. The van der Waals surface area contributed by atoms with Crippen LogP contribution in [0.15, 0.2) is 48.8 Å². The van der Waals surface area contributed by atoms with Gasteiger partial charge in [-0.05, 0) is 36.2 Å². The summed E-state index contributed by atoms with van der Waals surface area (Å²) in [6.45, 7) is 0. The van der Waals surface area contributed by atoms with Gasteiger partial charge in [-0.3, -0.25) is 9.59 Å². The first-order chi connectivity index (χ1) is 13.5. The highest BCUT2D eigenvalue weighted by Gasteiger charge is 2.39. The van der Waals surface area contributed by atoms with Crippen molar-refractivity contribution in [2.45, 2.75) is 6.42 Å². The minimum absolute atomic E-state index is 0.199. The molecule has 0 saturated carbocycles. The highest BCUT2D eigenvalue weighted by molar-refractivity contribution is 6.33. The zero-order valence-electron chi connectivity index (χ0n) is 14.9. The van der Waals surface area contributed by atoms with Gasteiger partial charge in [0.05, 0.1) is 17.0 Å². The summed E-state index contributed by atoms with van der Waals surface area (Å²) in [5.41, 5.74) is 2.01. The normalized spacial score (nSPS) is 15.9. The number of ether oxygens (including phenoxy) is 1. The lowest BCUT2D eigenvalue weighted by molar-refractivity contribution is -0.671. The Kier molecular flexibility index (Phi) is 3.34. The third-order valence-corrected chi connectivity index (χ3v) is 5.44. The van der Waals surface area contributed by atoms with Gasteiger partial charge in [0, 0.05) is 34.0 Å². The molecule has 5 rings (SSSR count). The van der Waals surface area contributed by atoms with E-state index in [1.54, 1.807) is 12.1 Å². The molecular weight excluding hydrogens is 358 g/mol. The van der Waals surface area contributed by atoms with E-state index in [1.807, 2.05) is 36.1 Å². The van der Waals surface area contributed by atoms with Gasteiger partial charge in [-0.25, -0.2) is 14.2 Å². The summed E-state index contributed by atoms with van der Waals surface area (Å²) in [6, 6.07) is 9.85. The molecule has 0 saturated heterocycles. The van der Waals surface area contributed by atoms with Crippen molar-refractivity contribution in [3.05, 3.63) is 76.6 Å². The summed E-state index contributed by atoms with van der Waals surface area (Å²) in [5.74, 6) is -2.94. The number of rotatable bonds is 2. The molecule has 2 aromatic carbocycles. The predicted molar refractivity (Wildman–Crippen MR) is 97.2 cm³/mol. The molecule has 2 aliphatic rings. The Morgan fingerprint density at radius 1 is 0.750 bits per heavy atom. The summed E-state index contributed by atoms with van der Waals surface area (Å²) in [6.07, 6.45) is 4.02. The lowest BCUT2D eigenvalue weighted by Crippen LogP contribution is -2.33. The van der Waals surface area contributed by atoms with Crippen LogP contribution in [0.3, 0.4) is 0 Å². The van der Waals surface area contributed by atoms with Gasteiger partial charge in [-0.15, -0.1) is 0 Å². The predicted octanol–water partition coefficient (Wildman–Crippen LogP) is 2.21. The van der Waals surface area contributed by atoms with E-state index in [0.29, 0.717) is 28.3 Å². The Hall–Kier alpha value is -3.67. The molecule has 0 radical (unpaired) electrons. The van der Waals surface area contributed by atoms with Crippen molar-refractivity contribution in [3.8, 4) is 0 Å². The number of esters is 2. The van der Waals surface area contributed by atoms with Crippen LogP contribution in [0.25, 0.3) is 10.8 Å². The third-order valence-electron chi connectivity index (χ3n) is 5.44. The average Bonchev–Trinajstić information content (AvgIpc) is 2.69. The number of carbonyl (C=O) groups excluding carboxylic acids is 4.